The molecule has 0 radical (unpaired) electrons. The first kappa shape index (κ1) is 10.8. The van der Waals surface area contributed by atoms with Gasteiger partial charge in [0.15, 0.2) is 0 Å². The quantitative estimate of drug-likeness (QED) is 0.702. The zero-order chi connectivity index (χ0) is 10.9. The van der Waals surface area contributed by atoms with Crippen LogP contribution in [0.25, 0.3) is 0 Å². The van der Waals surface area contributed by atoms with Crippen LogP contribution in [-0.2, 0) is 0 Å². The average Bonchev–Trinajstić information content (AvgIpc) is 2.01. The first-order valence-electron chi connectivity index (χ1n) is 3.88. The van der Waals surface area contributed by atoms with Gasteiger partial charge in [0.2, 0.25) is 0 Å². The van der Waals surface area contributed by atoms with Crippen LogP contribution in [0, 0.1) is 5.82 Å². The van der Waals surface area contributed by atoms with E-state index < -0.39 is 29.2 Å². The third kappa shape index (κ3) is 1.97. The lowest BCUT2D eigenvalue weighted by Crippen LogP contribution is -2.18. The van der Waals surface area contributed by atoms with E-state index in [4.69, 9.17) is 5.11 Å². The summed E-state index contributed by atoms with van der Waals surface area (Å²) in [5.74, 6) is -3.73. The zero-order valence-corrected chi connectivity index (χ0v) is 7.27. The van der Waals surface area contributed by atoms with Gasteiger partial charge in [0.1, 0.15) is 11.6 Å². The van der Waals surface area contributed by atoms with Crippen LogP contribution in [0.15, 0.2) is 18.2 Å². The zero-order valence-electron chi connectivity index (χ0n) is 7.27. The molecule has 1 aromatic rings. The van der Waals surface area contributed by atoms with E-state index in [-0.39, 0.29) is 0 Å². The summed E-state index contributed by atoms with van der Waals surface area (Å²) in [4.78, 5) is 0. The molecule has 0 aliphatic heterocycles. The monoisotopic (exact) mass is 208 g/mol. The normalized spacial score (nSPS) is 14.1. The molecule has 0 saturated heterocycles. The lowest BCUT2D eigenvalue weighted by molar-refractivity contribution is -0.147. The second-order valence-corrected chi connectivity index (χ2v) is 2.94. The fraction of sp³-hybridized carbons (Fsp3) is 0.333. The Balaban J connectivity index is 3.19. The van der Waals surface area contributed by atoms with Crippen molar-refractivity contribution < 1.29 is 22.7 Å². The Bertz CT molecular complexity index is 312. The van der Waals surface area contributed by atoms with Gasteiger partial charge in [-0.05, 0) is 19.1 Å². The van der Waals surface area contributed by atoms with Gasteiger partial charge in [0.05, 0.1) is 5.92 Å². The summed E-state index contributed by atoms with van der Waals surface area (Å²) >= 11 is 0. The molecule has 1 N–H and O–H groups in total. The van der Waals surface area contributed by atoms with Crippen LogP contribution in [-0.4, -0.2) is 11.3 Å². The molecule has 5 heteroatoms. The van der Waals surface area contributed by atoms with Crippen molar-refractivity contribution in [2.45, 2.75) is 19.0 Å². The third-order valence-corrected chi connectivity index (χ3v) is 1.95. The van der Waals surface area contributed by atoms with E-state index >= 15 is 0 Å². The number of hydrogen-bond acceptors (Lipinski definition) is 1. The predicted molar refractivity (Wildman–Crippen MR) is 42.5 cm³/mol. The van der Waals surface area contributed by atoms with Gasteiger partial charge in [-0.3, -0.25) is 0 Å². The van der Waals surface area contributed by atoms with Crippen LogP contribution in [0.4, 0.5) is 17.6 Å². The SMILES string of the molecule is CC(c1c(O)cccc1F)C(F)(F)F. The van der Waals surface area contributed by atoms with Crippen molar-refractivity contribution in [3.8, 4) is 5.75 Å². The highest BCUT2D eigenvalue weighted by atomic mass is 19.4. The van der Waals surface area contributed by atoms with E-state index in [0.29, 0.717) is 0 Å². The Kier molecular flexibility index (Phi) is 2.69. The highest BCUT2D eigenvalue weighted by molar-refractivity contribution is 5.36. The fourth-order valence-corrected chi connectivity index (χ4v) is 1.12. The number of rotatable bonds is 1. The molecule has 78 valence electrons. The van der Waals surface area contributed by atoms with Gasteiger partial charge >= 0.3 is 6.18 Å². The van der Waals surface area contributed by atoms with Crippen LogP contribution >= 0.6 is 0 Å². The molecular formula is C9H8F4O. The second kappa shape index (κ2) is 3.48. The minimum atomic E-state index is -4.56. The third-order valence-electron chi connectivity index (χ3n) is 1.95. The Morgan fingerprint density at radius 3 is 2.29 bits per heavy atom. The summed E-state index contributed by atoms with van der Waals surface area (Å²) in [5.41, 5.74) is -0.708. The van der Waals surface area contributed by atoms with Crippen LogP contribution in [0.1, 0.15) is 18.4 Å². The second-order valence-electron chi connectivity index (χ2n) is 2.94. The summed E-state index contributed by atoms with van der Waals surface area (Å²) in [6.45, 7) is 0.804. The molecule has 0 aliphatic rings. The average molecular weight is 208 g/mol. The summed E-state index contributed by atoms with van der Waals surface area (Å²) < 4.78 is 49.6. The predicted octanol–water partition coefficient (Wildman–Crippen LogP) is 3.20. The molecule has 1 atom stereocenters. The Morgan fingerprint density at radius 2 is 1.86 bits per heavy atom. The van der Waals surface area contributed by atoms with Gasteiger partial charge in [0, 0.05) is 5.56 Å². The first-order chi connectivity index (χ1) is 6.34. The smallest absolute Gasteiger partial charge is 0.395 e. The van der Waals surface area contributed by atoms with Gasteiger partial charge in [-0.25, -0.2) is 4.39 Å². The van der Waals surface area contributed by atoms with Crippen LogP contribution in [0.5, 0.6) is 5.75 Å². The number of phenolic OH excluding ortho intramolecular Hbond substituents is 1. The lowest BCUT2D eigenvalue weighted by atomic mass is 9.99. The molecule has 0 aliphatic carbocycles. The van der Waals surface area contributed by atoms with Crippen molar-refractivity contribution >= 4 is 0 Å². The van der Waals surface area contributed by atoms with Gasteiger partial charge in [-0.15, -0.1) is 0 Å². The number of halogens is 4. The van der Waals surface area contributed by atoms with Crippen molar-refractivity contribution in [3.63, 3.8) is 0 Å². The van der Waals surface area contributed by atoms with Crippen molar-refractivity contribution in [2.24, 2.45) is 0 Å². The van der Waals surface area contributed by atoms with Crippen LogP contribution < -0.4 is 0 Å². The van der Waals surface area contributed by atoms with E-state index in [9.17, 15) is 17.6 Å². The van der Waals surface area contributed by atoms with E-state index in [1.165, 1.54) is 0 Å². The summed E-state index contributed by atoms with van der Waals surface area (Å²) in [6, 6.07) is 3.06. The first-order valence-corrected chi connectivity index (χ1v) is 3.88. The van der Waals surface area contributed by atoms with Crippen LogP contribution in [0.2, 0.25) is 0 Å². The van der Waals surface area contributed by atoms with Gasteiger partial charge < -0.3 is 5.11 Å². The molecule has 14 heavy (non-hydrogen) atoms. The van der Waals surface area contributed by atoms with Crippen LogP contribution in [0.3, 0.4) is 0 Å². The molecule has 0 heterocycles. The molecule has 1 rings (SSSR count). The number of aromatic hydroxyl groups is 1. The molecule has 1 nitrogen and oxygen atoms in total. The summed E-state index contributed by atoms with van der Waals surface area (Å²) in [5, 5.41) is 9.09. The van der Waals surface area contributed by atoms with Gasteiger partial charge in [0.25, 0.3) is 0 Å². The minimum Gasteiger partial charge on any atom is -0.508 e. The largest absolute Gasteiger partial charge is 0.508 e. The maximum Gasteiger partial charge on any atom is 0.395 e. The molecular weight excluding hydrogens is 200 g/mol. The number of benzene rings is 1. The molecule has 0 aromatic heterocycles. The Labute approximate surface area is 78.0 Å². The van der Waals surface area contributed by atoms with E-state index in [1.54, 1.807) is 0 Å². The molecule has 0 fully saturated rings. The molecule has 0 saturated carbocycles. The molecule has 0 spiro atoms. The topological polar surface area (TPSA) is 20.2 Å². The lowest BCUT2D eigenvalue weighted by Gasteiger charge is -2.17. The van der Waals surface area contributed by atoms with Crippen molar-refractivity contribution in [2.75, 3.05) is 0 Å². The number of hydrogen-bond donors (Lipinski definition) is 1. The minimum absolute atomic E-state index is 0.671. The Morgan fingerprint density at radius 1 is 1.29 bits per heavy atom. The molecule has 0 amide bonds. The van der Waals surface area contributed by atoms with Gasteiger partial charge in [-0.2, -0.15) is 13.2 Å². The van der Waals surface area contributed by atoms with E-state index in [2.05, 4.69) is 0 Å². The van der Waals surface area contributed by atoms with Gasteiger partial charge in [-0.1, -0.05) is 6.07 Å². The fourth-order valence-electron chi connectivity index (χ4n) is 1.12. The van der Waals surface area contributed by atoms with E-state index in [0.717, 1.165) is 25.1 Å². The highest BCUT2D eigenvalue weighted by Gasteiger charge is 2.39. The highest BCUT2D eigenvalue weighted by Crippen LogP contribution is 2.39. The Hall–Kier alpha value is -1.26. The standard InChI is InChI=1S/C9H8F4O/c1-5(9(11,12)13)8-6(10)3-2-4-7(8)14/h2-5,14H,1H3. The maximum atomic E-state index is 13.0. The van der Waals surface area contributed by atoms with Crippen molar-refractivity contribution in [3.05, 3.63) is 29.6 Å². The van der Waals surface area contributed by atoms with E-state index in [1.807, 2.05) is 0 Å². The summed E-state index contributed by atoms with van der Waals surface area (Å²) in [6.07, 6.45) is -4.56. The number of alkyl halides is 3. The molecule has 1 unspecified atom stereocenters. The molecule has 0 bridgehead atoms. The summed E-state index contributed by atoms with van der Waals surface area (Å²) in [7, 11) is 0. The number of phenols is 1. The van der Waals surface area contributed by atoms with Crippen molar-refractivity contribution in [1.29, 1.82) is 0 Å². The molecule has 1 aromatic carbocycles. The van der Waals surface area contributed by atoms with Crippen molar-refractivity contribution in [1.82, 2.24) is 0 Å². The maximum absolute atomic E-state index is 13.0.